The molecule has 1 aromatic heterocycles. The van der Waals surface area contributed by atoms with Crippen LogP contribution in [0.2, 0.25) is 0 Å². The van der Waals surface area contributed by atoms with Crippen molar-refractivity contribution in [1.82, 2.24) is 4.98 Å². The summed E-state index contributed by atoms with van der Waals surface area (Å²) < 4.78 is 1.16. The van der Waals surface area contributed by atoms with Crippen LogP contribution in [0, 0.1) is 17.8 Å². The summed E-state index contributed by atoms with van der Waals surface area (Å²) in [6.45, 7) is 0.769. The number of unbranched alkanes of at least 4 members (excludes halogenated alkanes) is 1. The zero-order chi connectivity index (χ0) is 21.0. The first kappa shape index (κ1) is 20.1. The van der Waals surface area contributed by atoms with Gasteiger partial charge in [-0.3, -0.25) is 0 Å². The maximum absolute atomic E-state index is 5.83. The molecule has 162 valence electrons. The van der Waals surface area contributed by atoms with Gasteiger partial charge in [-0.25, -0.2) is 0 Å². The lowest BCUT2D eigenvalue weighted by Crippen LogP contribution is -2.48. The van der Waals surface area contributed by atoms with Crippen molar-refractivity contribution < 1.29 is 0 Å². The van der Waals surface area contributed by atoms with Crippen LogP contribution >= 0.6 is 15.9 Å². The van der Waals surface area contributed by atoms with E-state index >= 15 is 0 Å². The third-order valence-electron chi connectivity index (χ3n) is 8.58. The van der Waals surface area contributed by atoms with E-state index in [-0.39, 0.29) is 0 Å². The van der Waals surface area contributed by atoms with Crippen LogP contribution in [0.1, 0.15) is 62.5 Å². The number of rotatable bonds is 6. The molecule has 3 heteroatoms. The average molecular weight is 477 g/mol. The molecule has 0 atom stereocenters. The highest BCUT2D eigenvalue weighted by atomic mass is 79.9. The topological polar surface area (TPSA) is 41.8 Å². The molecule has 0 radical (unpaired) electrons. The van der Waals surface area contributed by atoms with Gasteiger partial charge in [0.15, 0.2) is 0 Å². The molecule has 3 N–H and O–H groups in total. The Hall–Kier alpha value is -1.58. The number of nitrogens with one attached hydrogen (secondary N) is 1. The number of hydrogen-bond acceptors (Lipinski definition) is 1. The second kappa shape index (κ2) is 7.78. The second-order valence-corrected chi connectivity index (χ2v) is 11.5. The van der Waals surface area contributed by atoms with Gasteiger partial charge in [-0.15, -0.1) is 0 Å². The van der Waals surface area contributed by atoms with Crippen LogP contribution in [0.4, 0.5) is 0 Å². The molecular formula is C28H33BrN2. The number of fused-ring (bicyclic) bond motifs is 1. The van der Waals surface area contributed by atoms with E-state index in [9.17, 15) is 0 Å². The normalized spacial score (nSPS) is 29.2. The van der Waals surface area contributed by atoms with Crippen molar-refractivity contribution in [2.24, 2.45) is 23.5 Å². The number of benzene rings is 2. The Morgan fingerprint density at radius 1 is 0.935 bits per heavy atom. The smallest absolute Gasteiger partial charge is 0.0508 e. The summed E-state index contributed by atoms with van der Waals surface area (Å²) in [5.41, 5.74) is 13.2. The molecule has 7 rings (SSSR count). The van der Waals surface area contributed by atoms with Gasteiger partial charge >= 0.3 is 0 Å². The third kappa shape index (κ3) is 3.40. The van der Waals surface area contributed by atoms with Crippen molar-refractivity contribution in [2.75, 3.05) is 6.54 Å². The van der Waals surface area contributed by atoms with Gasteiger partial charge < -0.3 is 10.7 Å². The quantitative estimate of drug-likeness (QED) is 0.358. The summed E-state index contributed by atoms with van der Waals surface area (Å²) in [6, 6.07) is 16.0. The van der Waals surface area contributed by atoms with Crippen LogP contribution in [0.25, 0.3) is 22.2 Å². The zero-order valence-electron chi connectivity index (χ0n) is 18.3. The Morgan fingerprint density at radius 3 is 2.32 bits per heavy atom. The summed E-state index contributed by atoms with van der Waals surface area (Å²) in [4.78, 5) is 3.79. The Kier molecular flexibility index (Phi) is 5.03. The van der Waals surface area contributed by atoms with E-state index in [4.69, 9.17) is 5.73 Å². The van der Waals surface area contributed by atoms with Crippen molar-refractivity contribution in [3.05, 3.63) is 58.1 Å². The number of aromatic nitrogens is 1. The highest BCUT2D eigenvalue weighted by molar-refractivity contribution is 9.10. The van der Waals surface area contributed by atoms with E-state index in [0.29, 0.717) is 5.41 Å². The van der Waals surface area contributed by atoms with Crippen LogP contribution in [0.15, 0.2) is 46.9 Å². The van der Waals surface area contributed by atoms with Gasteiger partial charge in [-0.2, -0.15) is 0 Å². The van der Waals surface area contributed by atoms with Gasteiger partial charge in [0.25, 0.3) is 0 Å². The largest absolute Gasteiger partial charge is 0.354 e. The van der Waals surface area contributed by atoms with Crippen LogP contribution in [0.5, 0.6) is 0 Å². The molecule has 31 heavy (non-hydrogen) atoms. The fraction of sp³-hybridized carbons (Fsp3) is 0.500. The Bertz CT molecular complexity index is 1080. The molecule has 0 saturated heterocycles. The molecule has 0 unspecified atom stereocenters. The Morgan fingerprint density at radius 2 is 1.65 bits per heavy atom. The minimum atomic E-state index is 0.447. The molecule has 4 bridgehead atoms. The molecule has 2 nitrogen and oxygen atoms in total. The third-order valence-corrected chi connectivity index (χ3v) is 9.27. The van der Waals surface area contributed by atoms with Gasteiger partial charge in [0.2, 0.25) is 0 Å². The molecule has 4 saturated carbocycles. The van der Waals surface area contributed by atoms with Crippen molar-refractivity contribution in [3.63, 3.8) is 0 Å². The van der Waals surface area contributed by atoms with Crippen molar-refractivity contribution in [3.8, 4) is 11.3 Å². The number of aromatic amines is 1. The monoisotopic (exact) mass is 476 g/mol. The van der Waals surface area contributed by atoms with Gasteiger partial charge in [-0.05, 0) is 117 Å². The van der Waals surface area contributed by atoms with Crippen LogP contribution < -0.4 is 5.73 Å². The Balaban J connectivity index is 1.46. The van der Waals surface area contributed by atoms with Crippen LogP contribution in [0.3, 0.4) is 0 Å². The molecule has 0 spiro atoms. The number of aryl methyl sites for hydroxylation is 1. The zero-order valence-corrected chi connectivity index (χ0v) is 19.9. The molecule has 1 heterocycles. The second-order valence-electron chi connectivity index (χ2n) is 10.7. The molecule has 0 aliphatic heterocycles. The lowest BCUT2D eigenvalue weighted by atomic mass is 9.48. The number of H-pyrrole nitrogens is 1. The molecule has 0 amide bonds. The van der Waals surface area contributed by atoms with Gasteiger partial charge in [0, 0.05) is 20.9 Å². The molecule has 4 aliphatic rings. The molecule has 3 aromatic rings. The molecular weight excluding hydrogens is 444 g/mol. The lowest BCUT2D eigenvalue weighted by molar-refractivity contribution is -0.00513. The lowest BCUT2D eigenvalue weighted by Gasteiger charge is -2.57. The average Bonchev–Trinajstić information content (AvgIpc) is 3.11. The van der Waals surface area contributed by atoms with Gasteiger partial charge in [-0.1, -0.05) is 40.2 Å². The first-order chi connectivity index (χ1) is 15.1. The summed E-state index contributed by atoms with van der Waals surface area (Å²) in [5.74, 6) is 2.94. The standard InChI is InChI=1S/C28H33BrN2/c29-25-7-2-1-6-23(25)27-22(5-3-4-10-30)24-14-21(8-9-26(24)31-27)28-15-18-11-19(16-28)13-20(12-18)17-28/h1-2,6-9,14,18-20,31H,3-5,10-13,15-17,30H2. The Labute approximate surface area is 194 Å². The van der Waals surface area contributed by atoms with E-state index < -0.39 is 0 Å². The molecule has 2 aromatic carbocycles. The van der Waals surface area contributed by atoms with E-state index in [1.807, 2.05) is 0 Å². The van der Waals surface area contributed by atoms with Crippen molar-refractivity contribution in [2.45, 2.75) is 63.2 Å². The predicted molar refractivity (Wildman–Crippen MR) is 133 cm³/mol. The maximum atomic E-state index is 5.83. The van der Waals surface area contributed by atoms with E-state index in [1.54, 1.807) is 5.56 Å². The number of hydrogen-bond donors (Lipinski definition) is 2. The van der Waals surface area contributed by atoms with Crippen LogP contribution in [-0.4, -0.2) is 11.5 Å². The minimum Gasteiger partial charge on any atom is -0.354 e. The SMILES string of the molecule is NCCCCc1c(-c2ccccc2Br)[nH]c2ccc(C34CC5CC(CC(C5)C3)C4)cc12. The number of halogens is 1. The van der Waals surface area contributed by atoms with E-state index in [1.165, 1.54) is 66.2 Å². The van der Waals surface area contributed by atoms with Gasteiger partial charge in [0.05, 0.1) is 5.69 Å². The summed E-state index contributed by atoms with van der Waals surface area (Å²) in [6.07, 6.45) is 12.1. The summed E-state index contributed by atoms with van der Waals surface area (Å²) in [5, 5.41) is 1.44. The minimum absolute atomic E-state index is 0.447. The first-order valence-electron chi connectivity index (χ1n) is 12.3. The highest BCUT2D eigenvalue weighted by Gasteiger charge is 2.51. The highest BCUT2D eigenvalue weighted by Crippen LogP contribution is 2.61. The fourth-order valence-electron chi connectivity index (χ4n) is 7.64. The first-order valence-corrected chi connectivity index (χ1v) is 13.0. The van der Waals surface area contributed by atoms with Crippen molar-refractivity contribution >= 4 is 26.8 Å². The predicted octanol–water partition coefficient (Wildman–Crippen LogP) is 7.35. The summed E-state index contributed by atoms with van der Waals surface area (Å²) in [7, 11) is 0. The van der Waals surface area contributed by atoms with Crippen molar-refractivity contribution in [1.29, 1.82) is 0 Å². The number of nitrogens with two attached hydrogens (primary N) is 1. The van der Waals surface area contributed by atoms with Crippen LogP contribution in [-0.2, 0) is 11.8 Å². The fourth-order valence-corrected chi connectivity index (χ4v) is 8.12. The van der Waals surface area contributed by atoms with Gasteiger partial charge in [0.1, 0.15) is 0 Å². The van der Waals surface area contributed by atoms with E-state index in [0.717, 1.165) is 48.0 Å². The summed E-state index contributed by atoms with van der Waals surface area (Å²) >= 11 is 3.79. The molecule has 4 aliphatic carbocycles. The van der Waals surface area contributed by atoms with E-state index in [2.05, 4.69) is 63.4 Å². The molecule has 4 fully saturated rings. The maximum Gasteiger partial charge on any atom is 0.0508 e.